The number of anilines is 3. The third-order valence-electron chi connectivity index (χ3n) is 5.31. The predicted molar refractivity (Wildman–Crippen MR) is 130 cm³/mol. The number of amides is 2. The van der Waals surface area contributed by atoms with E-state index in [1.807, 2.05) is 18.2 Å². The predicted octanol–water partition coefficient (Wildman–Crippen LogP) is 4.59. The molecule has 1 saturated heterocycles. The lowest BCUT2D eigenvalue weighted by Gasteiger charge is -2.29. The Morgan fingerprint density at radius 2 is 1.65 bits per heavy atom. The Kier molecular flexibility index (Phi) is 7.05. The molecule has 2 amide bonds. The van der Waals surface area contributed by atoms with Gasteiger partial charge in [-0.2, -0.15) is 0 Å². The van der Waals surface area contributed by atoms with E-state index in [9.17, 15) is 19.7 Å². The number of non-ortho nitro benzene ring substituents is 1. The summed E-state index contributed by atoms with van der Waals surface area (Å²) in [6.07, 6.45) is 0. The number of morpholine rings is 1. The highest BCUT2D eigenvalue weighted by Gasteiger charge is 2.19. The second-order valence-electron chi connectivity index (χ2n) is 7.52. The summed E-state index contributed by atoms with van der Waals surface area (Å²) in [7, 11) is 0. The van der Waals surface area contributed by atoms with E-state index >= 15 is 0 Å². The molecule has 1 heterocycles. The number of carbonyl (C=O) groups excluding carboxylic acids is 2. The van der Waals surface area contributed by atoms with Crippen LogP contribution in [0.25, 0.3) is 0 Å². The smallest absolute Gasteiger partial charge is 0.270 e. The minimum Gasteiger partial charge on any atom is -0.378 e. The number of benzene rings is 3. The first-order valence-corrected chi connectivity index (χ1v) is 10.9. The lowest BCUT2D eigenvalue weighted by Crippen LogP contribution is -2.36. The van der Waals surface area contributed by atoms with Gasteiger partial charge in [0.25, 0.3) is 17.5 Å². The average molecular weight is 481 g/mol. The maximum Gasteiger partial charge on any atom is 0.270 e. The van der Waals surface area contributed by atoms with Gasteiger partial charge in [0.05, 0.1) is 40.0 Å². The number of nitro groups is 1. The molecule has 0 aliphatic carbocycles. The van der Waals surface area contributed by atoms with E-state index in [0.717, 1.165) is 24.8 Å². The Bertz CT molecular complexity index is 1240. The van der Waals surface area contributed by atoms with Crippen LogP contribution in [0.1, 0.15) is 20.7 Å². The molecular weight excluding hydrogens is 460 g/mol. The van der Waals surface area contributed by atoms with Crippen LogP contribution in [0.2, 0.25) is 5.02 Å². The van der Waals surface area contributed by atoms with Crippen LogP contribution in [0, 0.1) is 10.1 Å². The molecule has 0 aromatic heterocycles. The van der Waals surface area contributed by atoms with Crippen LogP contribution < -0.4 is 15.5 Å². The van der Waals surface area contributed by atoms with Gasteiger partial charge >= 0.3 is 0 Å². The van der Waals surface area contributed by atoms with Crippen LogP contribution in [0.5, 0.6) is 0 Å². The number of hydrogen-bond acceptors (Lipinski definition) is 6. The van der Waals surface area contributed by atoms with E-state index in [2.05, 4.69) is 15.5 Å². The van der Waals surface area contributed by atoms with Crippen molar-refractivity contribution in [3.8, 4) is 0 Å². The van der Waals surface area contributed by atoms with Crippen molar-refractivity contribution in [3.63, 3.8) is 0 Å². The van der Waals surface area contributed by atoms with Crippen LogP contribution in [-0.4, -0.2) is 43.0 Å². The first kappa shape index (κ1) is 23.2. The molecule has 0 spiro atoms. The highest BCUT2D eigenvalue weighted by atomic mass is 35.5. The van der Waals surface area contributed by atoms with Crippen molar-refractivity contribution in [2.75, 3.05) is 41.8 Å². The summed E-state index contributed by atoms with van der Waals surface area (Å²) in [4.78, 5) is 38.3. The normalized spacial score (nSPS) is 13.3. The van der Waals surface area contributed by atoms with E-state index in [0.29, 0.717) is 18.9 Å². The molecule has 1 aliphatic heterocycles. The van der Waals surface area contributed by atoms with Crippen LogP contribution in [0.3, 0.4) is 0 Å². The lowest BCUT2D eigenvalue weighted by atomic mass is 10.1. The largest absolute Gasteiger partial charge is 0.378 e. The number of ether oxygens (including phenoxy) is 1. The fourth-order valence-electron chi connectivity index (χ4n) is 3.58. The van der Waals surface area contributed by atoms with Crippen molar-refractivity contribution < 1.29 is 19.2 Å². The SMILES string of the molecule is O=C(Nc1ccccc1C(=O)Nc1cccc(N2CCOCC2)c1)c1ccc([N+](=O)[O-])cc1Cl. The van der Waals surface area contributed by atoms with Crippen LogP contribution in [0.15, 0.2) is 66.7 Å². The maximum atomic E-state index is 13.0. The molecule has 3 aromatic rings. The van der Waals surface area contributed by atoms with Gasteiger partial charge in [-0.1, -0.05) is 29.8 Å². The first-order valence-electron chi connectivity index (χ1n) is 10.5. The van der Waals surface area contributed by atoms with Crippen LogP contribution >= 0.6 is 11.6 Å². The van der Waals surface area contributed by atoms with E-state index in [4.69, 9.17) is 16.3 Å². The second-order valence-corrected chi connectivity index (χ2v) is 7.93. The summed E-state index contributed by atoms with van der Waals surface area (Å²) in [5, 5.41) is 16.4. The summed E-state index contributed by atoms with van der Waals surface area (Å²) >= 11 is 6.07. The van der Waals surface area contributed by atoms with E-state index in [-0.39, 0.29) is 27.5 Å². The van der Waals surface area contributed by atoms with Crippen molar-refractivity contribution in [2.45, 2.75) is 0 Å². The van der Waals surface area contributed by atoms with Crippen molar-refractivity contribution in [1.82, 2.24) is 0 Å². The molecule has 10 heteroatoms. The molecule has 9 nitrogen and oxygen atoms in total. The van der Waals surface area contributed by atoms with Gasteiger partial charge in [0.15, 0.2) is 0 Å². The summed E-state index contributed by atoms with van der Waals surface area (Å²) in [5.41, 5.74) is 1.97. The molecule has 1 fully saturated rings. The van der Waals surface area contributed by atoms with Gasteiger partial charge in [-0.05, 0) is 36.4 Å². The van der Waals surface area contributed by atoms with Gasteiger partial charge < -0.3 is 20.3 Å². The molecule has 3 aromatic carbocycles. The Morgan fingerprint density at radius 1 is 0.912 bits per heavy atom. The van der Waals surface area contributed by atoms with Crippen LogP contribution in [0.4, 0.5) is 22.7 Å². The molecule has 4 rings (SSSR count). The minimum absolute atomic E-state index is 0.0562. The average Bonchev–Trinajstić information content (AvgIpc) is 2.85. The summed E-state index contributed by atoms with van der Waals surface area (Å²) < 4.78 is 5.39. The van der Waals surface area contributed by atoms with Gasteiger partial charge in [-0.3, -0.25) is 19.7 Å². The molecule has 2 N–H and O–H groups in total. The number of para-hydroxylation sites is 1. The van der Waals surface area contributed by atoms with Crippen LogP contribution in [-0.2, 0) is 4.74 Å². The third kappa shape index (κ3) is 5.33. The standard InChI is InChI=1S/C24H21ClN4O5/c25-21-15-18(29(32)33)8-9-19(21)23(30)27-22-7-2-1-6-20(22)24(31)26-16-4-3-5-17(14-16)28-10-12-34-13-11-28/h1-9,14-15H,10-13H2,(H,26,31)(H,27,30). The van der Waals surface area contributed by atoms with E-state index in [1.54, 1.807) is 30.3 Å². The van der Waals surface area contributed by atoms with Gasteiger partial charge in [-0.15, -0.1) is 0 Å². The molecule has 0 saturated carbocycles. The fraction of sp³-hybridized carbons (Fsp3) is 0.167. The number of halogens is 1. The molecule has 0 atom stereocenters. The zero-order chi connectivity index (χ0) is 24.1. The number of nitrogens with one attached hydrogen (secondary N) is 2. The fourth-order valence-corrected chi connectivity index (χ4v) is 3.84. The molecule has 0 bridgehead atoms. The monoisotopic (exact) mass is 480 g/mol. The zero-order valence-electron chi connectivity index (χ0n) is 18.0. The molecule has 1 aliphatic rings. The first-order chi connectivity index (χ1) is 16.4. The number of nitro benzene ring substituents is 1. The van der Waals surface area contributed by atoms with Crippen molar-refractivity contribution in [3.05, 3.63) is 93.0 Å². The van der Waals surface area contributed by atoms with Gasteiger partial charge in [0.1, 0.15) is 0 Å². The molecule has 174 valence electrons. The summed E-state index contributed by atoms with van der Waals surface area (Å²) in [6, 6.07) is 17.7. The number of rotatable bonds is 6. The van der Waals surface area contributed by atoms with E-state index in [1.165, 1.54) is 12.1 Å². The van der Waals surface area contributed by atoms with E-state index < -0.39 is 16.7 Å². The van der Waals surface area contributed by atoms with Gasteiger partial charge in [-0.25, -0.2) is 0 Å². The Morgan fingerprint density at radius 3 is 2.38 bits per heavy atom. The van der Waals surface area contributed by atoms with Crippen molar-refractivity contribution in [1.29, 1.82) is 0 Å². The number of carbonyl (C=O) groups is 2. The van der Waals surface area contributed by atoms with Gasteiger partial charge in [0, 0.05) is 36.6 Å². The highest BCUT2D eigenvalue weighted by Crippen LogP contribution is 2.25. The summed E-state index contributed by atoms with van der Waals surface area (Å²) in [6.45, 7) is 2.86. The zero-order valence-corrected chi connectivity index (χ0v) is 18.7. The third-order valence-corrected chi connectivity index (χ3v) is 5.62. The quantitative estimate of drug-likeness (QED) is 0.394. The second kappa shape index (κ2) is 10.3. The minimum atomic E-state index is -0.596. The van der Waals surface area contributed by atoms with Gasteiger partial charge in [0.2, 0.25) is 0 Å². The van der Waals surface area contributed by atoms with Crippen molar-refractivity contribution in [2.24, 2.45) is 0 Å². The highest BCUT2D eigenvalue weighted by molar-refractivity contribution is 6.34. The lowest BCUT2D eigenvalue weighted by molar-refractivity contribution is -0.384. The Labute approximate surface area is 200 Å². The molecular formula is C24H21ClN4O5. The van der Waals surface area contributed by atoms with Crippen molar-refractivity contribution >= 4 is 46.2 Å². The Balaban J connectivity index is 1.51. The Hall–Kier alpha value is -3.95. The topological polar surface area (TPSA) is 114 Å². The molecule has 0 unspecified atom stereocenters. The molecule has 0 radical (unpaired) electrons. The maximum absolute atomic E-state index is 13.0. The molecule has 34 heavy (non-hydrogen) atoms. The number of nitrogens with zero attached hydrogens (tertiary/aromatic N) is 2. The number of hydrogen-bond donors (Lipinski definition) is 2. The summed E-state index contributed by atoms with van der Waals surface area (Å²) in [5.74, 6) is -0.987.